The number of hydrogen-bond donors (Lipinski definition) is 0. The van der Waals surface area contributed by atoms with E-state index in [-0.39, 0.29) is 0 Å². The maximum atomic E-state index is 4.72. The van der Waals surface area contributed by atoms with Crippen LogP contribution >= 0.6 is 0 Å². The molecule has 1 aromatic heterocycles. The normalized spacial score (nSPS) is 25.5. The van der Waals surface area contributed by atoms with Crippen molar-refractivity contribution in [2.24, 2.45) is 0 Å². The first-order valence-electron chi connectivity index (χ1n) is 7.76. The van der Waals surface area contributed by atoms with Crippen LogP contribution in [-0.2, 0) is 0 Å². The average molecular weight is 259 g/mol. The van der Waals surface area contributed by atoms with Gasteiger partial charge >= 0.3 is 0 Å². The highest BCUT2D eigenvalue weighted by atomic mass is 15.2. The first kappa shape index (κ1) is 12.9. The molecule has 2 aliphatic heterocycles. The molecule has 0 aromatic carbocycles. The fourth-order valence-electron chi connectivity index (χ4n) is 3.41. The van der Waals surface area contributed by atoms with E-state index >= 15 is 0 Å². The lowest BCUT2D eigenvalue weighted by Gasteiger charge is -2.23. The summed E-state index contributed by atoms with van der Waals surface area (Å²) in [4.78, 5) is 9.62. The van der Waals surface area contributed by atoms with Gasteiger partial charge in [-0.25, -0.2) is 4.98 Å². The minimum absolute atomic E-state index is 0.589. The Bertz CT molecular complexity index is 393. The lowest BCUT2D eigenvalue weighted by molar-refractivity contribution is 0.317. The molecule has 0 spiro atoms. The molecular formula is C16H25N3. The third-order valence-corrected chi connectivity index (χ3v) is 4.61. The molecule has 2 fully saturated rings. The summed E-state index contributed by atoms with van der Waals surface area (Å²) < 4.78 is 0. The van der Waals surface area contributed by atoms with Gasteiger partial charge in [0.15, 0.2) is 0 Å². The van der Waals surface area contributed by atoms with Crippen molar-refractivity contribution in [3.05, 3.63) is 23.9 Å². The molecule has 0 N–H and O–H groups in total. The van der Waals surface area contributed by atoms with Gasteiger partial charge in [-0.1, -0.05) is 18.9 Å². The van der Waals surface area contributed by atoms with Crippen LogP contribution < -0.4 is 4.90 Å². The molecular weight excluding hydrogens is 234 g/mol. The summed E-state index contributed by atoms with van der Waals surface area (Å²) in [5, 5.41) is 0. The Morgan fingerprint density at radius 1 is 1.00 bits per heavy atom. The molecule has 1 atom stereocenters. The molecule has 3 heteroatoms. The molecule has 0 aliphatic carbocycles. The molecule has 2 aliphatic rings. The summed E-state index contributed by atoms with van der Waals surface area (Å²) >= 11 is 0. The number of pyridine rings is 1. The van der Waals surface area contributed by atoms with Crippen molar-refractivity contribution in [3.63, 3.8) is 0 Å². The van der Waals surface area contributed by atoms with Crippen LogP contribution in [0.1, 0.15) is 50.1 Å². The van der Waals surface area contributed by atoms with E-state index in [0.717, 1.165) is 0 Å². The van der Waals surface area contributed by atoms with Crippen molar-refractivity contribution >= 4 is 5.82 Å². The standard InChI is InChI=1S/C16H25N3/c1-18-10-6-7-15(18)14-8-9-16(17-13-14)19-11-4-2-3-5-12-19/h8-9,13,15H,2-7,10-12H2,1H3. The van der Waals surface area contributed by atoms with Gasteiger partial charge in [0.2, 0.25) is 0 Å². The molecule has 3 heterocycles. The number of aromatic nitrogens is 1. The Balaban J connectivity index is 1.71. The SMILES string of the molecule is CN1CCCC1c1ccc(N2CCCCCC2)nc1. The lowest BCUT2D eigenvalue weighted by Crippen LogP contribution is -2.25. The van der Waals surface area contributed by atoms with Crippen molar-refractivity contribution in [3.8, 4) is 0 Å². The molecule has 104 valence electrons. The number of hydrogen-bond acceptors (Lipinski definition) is 3. The first-order chi connectivity index (χ1) is 9.34. The van der Waals surface area contributed by atoms with Crippen molar-refractivity contribution in [2.75, 3.05) is 31.6 Å². The van der Waals surface area contributed by atoms with E-state index in [1.165, 1.54) is 69.5 Å². The van der Waals surface area contributed by atoms with Gasteiger partial charge in [0.05, 0.1) is 0 Å². The van der Waals surface area contributed by atoms with Gasteiger partial charge in [-0.05, 0) is 50.9 Å². The van der Waals surface area contributed by atoms with E-state index in [1.807, 2.05) is 0 Å². The van der Waals surface area contributed by atoms with Gasteiger partial charge in [0.1, 0.15) is 5.82 Å². The molecule has 3 nitrogen and oxygen atoms in total. The molecule has 0 radical (unpaired) electrons. The minimum atomic E-state index is 0.589. The highest BCUT2D eigenvalue weighted by Gasteiger charge is 2.22. The van der Waals surface area contributed by atoms with E-state index in [9.17, 15) is 0 Å². The van der Waals surface area contributed by atoms with Crippen LogP contribution in [0.3, 0.4) is 0 Å². The Hall–Kier alpha value is -1.09. The molecule has 0 bridgehead atoms. The van der Waals surface area contributed by atoms with Crippen molar-refractivity contribution < 1.29 is 0 Å². The van der Waals surface area contributed by atoms with Gasteiger partial charge < -0.3 is 4.90 Å². The van der Waals surface area contributed by atoms with Gasteiger partial charge in [0.25, 0.3) is 0 Å². The predicted octanol–water partition coefficient (Wildman–Crippen LogP) is 3.23. The smallest absolute Gasteiger partial charge is 0.128 e. The summed E-state index contributed by atoms with van der Waals surface area (Å²) in [5.41, 5.74) is 1.39. The fraction of sp³-hybridized carbons (Fsp3) is 0.688. The zero-order valence-electron chi connectivity index (χ0n) is 12.0. The lowest BCUT2D eigenvalue weighted by atomic mass is 10.1. The summed E-state index contributed by atoms with van der Waals surface area (Å²) in [6, 6.07) is 5.11. The zero-order valence-corrected chi connectivity index (χ0v) is 12.0. The van der Waals surface area contributed by atoms with Gasteiger partial charge in [0, 0.05) is 25.3 Å². The number of anilines is 1. The van der Waals surface area contributed by atoms with E-state index < -0.39 is 0 Å². The van der Waals surface area contributed by atoms with Gasteiger partial charge in [-0.3, -0.25) is 4.90 Å². The van der Waals surface area contributed by atoms with Crippen molar-refractivity contribution in [1.82, 2.24) is 9.88 Å². The van der Waals surface area contributed by atoms with Crippen LogP contribution in [0.2, 0.25) is 0 Å². The Morgan fingerprint density at radius 3 is 2.37 bits per heavy atom. The molecule has 0 saturated carbocycles. The molecule has 1 aromatic rings. The largest absolute Gasteiger partial charge is 0.357 e. The van der Waals surface area contributed by atoms with Gasteiger partial charge in [-0.15, -0.1) is 0 Å². The second-order valence-electron chi connectivity index (χ2n) is 5.99. The van der Waals surface area contributed by atoms with E-state index in [1.54, 1.807) is 0 Å². The van der Waals surface area contributed by atoms with E-state index in [0.29, 0.717) is 6.04 Å². The summed E-state index contributed by atoms with van der Waals surface area (Å²) in [5.74, 6) is 1.17. The van der Waals surface area contributed by atoms with Crippen molar-refractivity contribution in [2.45, 2.75) is 44.6 Å². The van der Waals surface area contributed by atoms with E-state index in [4.69, 9.17) is 4.98 Å². The summed E-state index contributed by atoms with van der Waals surface area (Å²) in [6.07, 6.45) is 10.1. The molecule has 2 saturated heterocycles. The Labute approximate surface area is 116 Å². The second kappa shape index (κ2) is 5.91. The monoisotopic (exact) mass is 259 g/mol. The second-order valence-corrected chi connectivity index (χ2v) is 5.99. The molecule has 0 amide bonds. The zero-order chi connectivity index (χ0) is 13.1. The maximum Gasteiger partial charge on any atom is 0.128 e. The Morgan fingerprint density at radius 2 is 1.79 bits per heavy atom. The van der Waals surface area contributed by atoms with Crippen LogP contribution in [-0.4, -0.2) is 36.6 Å². The summed E-state index contributed by atoms with van der Waals surface area (Å²) in [6.45, 7) is 3.57. The quantitative estimate of drug-likeness (QED) is 0.813. The van der Waals surface area contributed by atoms with Crippen LogP contribution in [0.5, 0.6) is 0 Å². The first-order valence-corrected chi connectivity index (χ1v) is 7.76. The minimum Gasteiger partial charge on any atom is -0.357 e. The fourth-order valence-corrected chi connectivity index (χ4v) is 3.41. The molecule has 19 heavy (non-hydrogen) atoms. The topological polar surface area (TPSA) is 19.4 Å². The predicted molar refractivity (Wildman–Crippen MR) is 79.5 cm³/mol. The molecule has 3 rings (SSSR count). The third kappa shape index (κ3) is 2.92. The third-order valence-electron chi connectivity index (χ3n) is 4.61. The van der Waals surface area contributed by atoms with Crippen LogP contribution in [0.25, 0.3) is 0 Å². The molecule has 1 unspecified atom stereocenters. The average Bonchev–Trinajstić information content (AvgIpc) is 2.71. The van der Waals surface area contributed by atoms with Crippen LogP contribution in [0.15, 0.2) is 18.3 Å². The summed E-state index contributed by atoms with van der Waals surface area (Å²) in [7, 11) is 2.22. The van der Waals surface area contributed by atoms with Crippen molar-refractivity contribution in [1.29, 1.82) is 0 Å². The van der Waals surface area contributed by atoms with Crippen LogP contribution in [0, 0.1) is 0 Å². The van der Waals surface area contributed by atoms with E-state index in [2.05, 4.69) is 35.2 Å². The van der Waals surface area contributed by atoms with Crippen LogP contribution in [0.4, 0.5) is 5.82 Å². The number of nitrogens with zero attached hydrogens (tertiary/aromatic N) is 3. The Kier molecular flexibility index (Phi) is 4.02. The maximum absolute atomic E-state index is 4.72. The highest BCUT2D eigenvalue weighted by molar-refractivity contribution is 5.40. The number of likely N-dealkylation sites (tertiary alicyclic amines) is 1. The number of rotatable bonds is 2. The highest BCUT2D eigenvalue weighted by Crippen LogP contribution is 2.30. The van der Waals surface area contributed by atoms with Gasteiger partial charge in [-0.2, -0.15) is 0 Å².